The quantitative estimate of drug-likeness (QED) is 0.922. The highest BCUT2D eigenvalue weighted by Gasteiger charge is 2.39. The van der Waals surface area contributed by atoms with E-state index in [1.54, 1.807) is 0 Å². The van der Waals surface area contributed by atoms with Crippen molar-refractivity contribution in [2.75, 3.05) is 13.2 Å². The highest BCUT2D eigenvalue weighted by atomic mass is 35.5. The minimum atomic E-state index is 0.666. The van der Waals surface area contributed by atoms with Crippen molar-refractivity contribution in [3.05, 3.63) is 22.7 Å². The van der Waals surface area contributed by atoms with Gasteiger partial charge in [-0.1, -0.05) is 18.0 Å². The second-order valence-electron chi connectivity index (χ2n) is 6.62. The van der Waals surface area contributed by atoms with Crippen LogP contribution in [-0.2, 0) is 6.54 Å². The Morgan fingerprint density at radius 1 is 1.14 bits per heavy atom. The van der Waals surface area contributed by atoms with E-state index in [1.807, 2.05) is 6.07 Å². The van der Waals surface area contributed by atoms with Crippen LogP contribution in [0.1, 0.15) is 37.7 Å². The highest BCUT2D eigenvalue weighted by Crippen LogP contribution is 2.44. The zero-order valence-electron chi connectivity index (χ0n) is 12.2. The van der Waals surface area contributed by atoms with Crippen molar-refractivity contribution in [2.24, 2.45) is 11.8 Å². The van der Waals surface area contributed by atoms with Crippen LogP contribution in [0.3, 0.4) is 0 Å². The number of ether oxygens (including phenoxy) is 2. The van der Waals surface area contributed by atoms with Crippen molar-refractivity contribution in [3.8, 4) is 11.5 Å². The van der Waals surface area contributed by atoms with Crippen molar-refractivity contribution in [1.82, 2.24) is 5.32 Å². The van der Waals surface area contributed by atoms with Crippen LogP contribution < -0.4 is 14.8 Å². The summed E-state index contributed by atoms with van der Waals surface area (Å²) in [5.41, 5.74) is 1.19. The van der Waals surface area contributed by atoms with E-state index in [4.69, 9.17) is 21.1 Å². The summed E-state index contributed by atoms with van der Waals surface area (Å²) in [6.45, 7) is 2.24. The van der Waals surface area contributed by atoms with E-state index in [0.717, 1.165) is 30.6 Å². The van der Waals surface area contributed by atoms with Crippen molar-refractivity contribution >= 4 is 11.6 Å². The Balaban J connectivity index is 1.45. The van der Waals surface area contributed by atoms with Gasteiger partial charge in [-0.25, -0.2) is 0 Å². The topological polar surface area (TPSA) is 30.5 Å². The Kier molecular flexibility index (Phi) is 3.72. The lowest BCUT2D eigenvalue weighted by atomic mass is 9.95. The summed E-state index contributed by atoms with van der Waals surface area (Å²) >= 11 is 6.35. The number of rotatable bonds is 3. The van der Waals surface area contributed by atoms with Crippen molar-refractivity contribution < 1.29 is 9.47 Å². The summed E-state index contributed by atoms with van der Waals surface area (Å²) in [6.07, 6.45) is 6.54. The third-order valence-electron chi connectivity index (χ3n) is 5.17. The second kappa shape index (κ2) is 5.69. The number of benzene rings is 1. The van der Waals surface area contributed by atoms with Crippen LogP contribution in [0.25, 0.3) is 0 Å². The van der Waals surface area contributed by atoms with E-state index in [1.165, 1.54) is 31.2 Å². The second-order valence-corrected chi connectivity index (χ2v) is 7.02. The van der Waals surface area contributed by atoms with Gasteiger partial charge in [0.15, 0.2) is 11.5 Å². The molecule has 0 radical (unpaired) electrons. The van der Waals surface area contributed by atoms with Gasteiger partial charge in [-0.05, 0) is 48.8 Å². The van der Waals surface area contributed by atoms with Gasteiger partial charge >= 0.3 is 0 Å². The molecule has 1 N–H and O–H groups in total. The predicted octanol–water partition coefficient (Wildman–Crippen LogP) is 3.78. The van der Waals surface area contributed by atoms with Crippen molar-refractivity contribution in [1.29, 1.82) is 0 Å². The van der Waals surface area contributed by atoms with Gasteiger partial charge in [0.1, 0.15) is 0 Å². The van der Waals surface area contributed by atoms with Gasteiger partial charge in [0.2, 0.25) is 0 Å². The van der Waals surface area contributed by atoms with Gasteiger partial charge in [-0.2, -0.15) is 0 Å². The lowest BCUT2D eigenvalue weighted by Crippen LogP contribution is -2.33. The van der Waals surface area contributed by atoms with Gasteiger partial charge in [0.05, 0.1) is 18.2 Å². The maximum atomic E-state index is 6.35. The van der Waals surface area contributed by atoms with Crippen LogP contribution in [0.4, 0.5) is 0 Å². The molecule has 1 aromatic rings. The molecule has 21 heavy (non-hydrogen) atoms. The Bertz CT molecular complexity index is 534. The van der Waals surface area contributed by atoms with E-state index >= 15 is 0 Å². The average molecular weight is 308 g/mol. The molecular weight excluding hydrogens is 286 g/mol. The molecule has 114 valence electrons. The summed E-state index contributed by atoms with van der Waals surface area (Å²) in [7, 11) is 0. The molecule has 2 saturated carbocycles. The molecule has 2 aliphatic carbocycles. The highest BCUT2D eigenvalue weighted by molar-refractivity contribution is 6.32. The number of hydrogen-bond donors (Lipinski definition) is 1. The van der Waals surface area contributed by atoms with Crippen LogP contribution in [0.2, 0.25) is 5.02 Å². The van der Waals surface area contributed by atoms with Gasteiger partial charge < -0.3 is 14.8 Å². The summed E-state index contributed by atoms with van der Waals surface area (Å²) in [5, 5.41) is 4.39. The fourth-order valence-corrected chi connectivity index (χ4v) is 4.42. The van der Waals surface area contributed by atoms with E-state index in [0.29, 0.717) is 30.0 Å². The van der Waals surface area contributed by atoms with E-state index in [-0.39, 0.29) is 0 Å². The largest absolute Gasteiger partial charge is 0.489 e. The first-order valence-electron chi connectivity index (χ1n) is 8.11. The van der Waals surface area contributed by atoms with Crippen molar-refractivity contribution in [3.63, 3.8) is 0 Å². The smallest absolute Gasteiger partial charge is 0.179 e. The first-order chi connectivity index (χ1) is 10.3. The van der Waals surface area contributed by atoms with Crippen LogP contribution in [-0.4, -0.2) is 19.3 Å². The first kappa shape index (κ1) is 13.7. The molecule has 3 atom stereocenters. The Labute approximate surface area is 131 Å². The van der Waals surface area contributed by atoms with Crippen LogP contribution in [0.5, 0.6) is 11.5 Å². The third-order valence-corrected chi connectivity index (χ3v) is 5.45. The Morgan fingerprint density at radius 3 is 2.86 bits per heavy atom. The van der Waals surface area contributed by atoms with Gasteiger partial charge in [-0.15, -0.1) is 0 Å². The molecule has 0 amide bonds. The maximum Gasteiger partial charge on any atom is 0.179 e. The Hall–Kier alpha value is -0.930. The molecule has 3 nitrogen and oxygen atoms in total. The number of halogens is 1. The standard InChI is InChI=1S/C17H22ClNO2/c18-14-7-12(9-16-17(14)21-5-1-4-20-16)10-19-15-8-11-2-3-13(15)6-11/h7,9,11,13,15,19H,1-6,8,10H2. The van der Waals surface area contributed by atoms with Gasteiger partial charge in [0, 0.05) is 19.0 Å². The molecule has 1 heterocycles. The van der Waals surface area contributed by atoms with Crippen LogP contribution in [0.15, 0.2) is 12.1 Å². The molecular formula is C17H22ClNO2. The van der Waals surface area contributed by atoms with Gasteiger partial charge in [0.25, 0.3) is 0 Å². The molecule has 2 fully saturated rings. The summed E-state index contributed by atoms with van der Waals surface area (Å²) in [5.74, 6) is 3.37. The molecule has 3 aliphatic rings. The fraction of sp³-hybridized carbons (Fsp3) is 0.647. The van der Waals surface area contributed by atoms with E-state index in [9.17, 15) is 0 Å². The molecule has 1 aromatic carbocycles. The van der Waals surface area contributed by atoms with Crippen LogP contribution in [0, 0.1) is 11.8 Å². The summed E-state index contributed by atoms with van der Waals surface area (Å²) < 4.78 is 11.4. The van der Waals surface area contributed by atoms with E-state index in [2.05, 4.69) is 11.4 Å². The normalized spacial score (nSPS) is 30.4. The fourth-order valence-electron chi connectivity index (χ4n) is 4.13. The minimum absolute atomic E-state index is 0.666. The SMILES string of the molecule is Clc1cc(CNC2CC3CCC2C3)cc2c1OCCCO2. The van der Waals surface area contributed by atoms with Gasteiger partial charge in [-0.3, -0.25) is 0 Å². The third kappa shape index (κ3) is 2.74. The molecule has 4 rings (SSSR count). The lowest BCUT2D eigenvalue weighted by molar-refractivity contribution is 0.297. The minimum Gasteiger partial charge on any atom is -0.489 e. The zero-order chi connectivity index (χ0) is 14.2. The van der Waals surface area contributed by atoms with Crippen LogP contribution >= 0.6 is 11.6 Å². The molecule has 1 aliphatic heterocycles. The van der Waals surface area contributed by atoms with Crippen molar-refractivity contribution in [2.45, 2.75) is 44.7 Å². The van der Waals surface area contributed by atoms with E-state index < -0.39 is 0 Å². The number of nitrogens with one attached hydrogen (secondary N) is 1. The number of fused-ring (bicyclic) bond motifs is 3. The number of hydrogen-bond acceptors (Lipinski definition) is 3. The average Bonchev–Trinajstić information content (AvgIpc) is 3.01. The summed E-state index contributed by atoms with van der Waals surface area (Å²) in [4.78, 5) is 0. The Morgan fingerprint density at radius 2 is 2.05 bits per heavy atom. The molecule has 3 unspecified atom stereocenters. The molecule has 2 bridgehead atoms. The zero-order valence-corrected chi connectivity index (χ0v) is 13.0. The predicted molar refractivity (Wildman–Crippen MR) is 83.1 cm³/mol. The monoisotopic (exact) mass is 307 g/mol. The molecule has 4 heteroatoms. The first-order valence-corrected chi connectivity index (χ1v) is 8.49. The maximum absolute atomic E-state index is 6.35. The molecule has 0 spiro atoms. The lowest BCUT2D eigenvalue weighted by Gasteiger charge is -2.23. The molecule has 0 saturated heterocycles. The molecule has 0 aromatic heterocycles. The summed E-state index contributed by atoms with van der Waals surface area (Å²) in [6, 6.07) is 4.78.